The van der Waals surface area contributed by atoms with Crippen LogP contribution in [0.15, 0.2) is 36.8 Å². The van der Waals surface area contributed by atoms with Crippen molar-refractivity contribution in [2.75, 3.05) is 13.1 Å². The molecule has 5 nitrogen and oxygen atoms in total. The molecule has 3 rings (SSSR count). The van der Waals surface area contributed by atoms with E-state index in [-0.39, 0.29) is 0 Å². The molecule has 1 fully saturated rings. The molecular weight excluding hydrogens is 274 g/mol. The van der Waals surface area contributed by atoms with Crippen molar-refractivity contribution in [2.24, 2.45) is 5.41 Å². The molecule has 1 aliphatic heterocycles. The number of pyridine rings is 1. The molecule has 1 aliphatic rings. The van der Waals surface area contributed by atoms with E-state index in [0.717, 1.165) is 25.5 Å². The molecule has 118 valence electrons. The van der Waals surface area contributed by atoms with Crippen molar-refractivity contribution in [2.45, 2.75) is 39.3 Å². The van der Waals surface area contributed by atoms with Gasteiger partial charge < -0.3 is 10.6 Å². The van der Waals surface area contributed by atoms with Crippen molar-refractivity contribution in [3.63, 3.8) is 0 Å². The van der Waals surface area contributed by atoms with Crippen molar-refractivity contribution in [1.82, 2.24) is 25.4 Å². The first kappa shape index (κ1) is 15.2. The number of aromatic nitrogens is 3. The van der Waals surface area contributed by atoms with Gasteiger partial charge >= 0.3 is 0 Å². The quantitative estimate of drug-likeness (QED) is 0.908. The molecule has 22 heavy (non-hydrogen) atoms. The van der Waals surface area contributed by atoms with Crippen molar-refractivity contribution in [3.8, 4) is 5.82 Å². The first-order chi connectivity index (χ1) is 10.6. The van der Waals surface area contributed by atoms with Gasteiger partial charge in [0.2, 0.25) is 0 Å². The lowest BCUT2D eigenvalue weighted by Gasteiger charge is -2.27. The van der Waals surface area contributed by atoms with Crippen molar-refractivity contribution >= 4 is 0 Å². The third-order valence-electron chi connectivity index (χ3n) is 4.24. The zero-order valence-electron chi connectivity index (χ0n) is 13.4. The highest BCUT2D eigenvalue weighted by molar-refractivity contribution is 5.32. The van der Waals surface area contributed by atoms with Crippen LogP contribution in [0, 0.1) is 5.41 Å². The molecule has 2 N–H and O–H groups in total. The standard InChI is InChI=1S/C17H25N5/c1-17(2)11-15(6-9-18-13-17)20-12-14-5-3-7-19-16(14)22-10-4-8-21-22/h3-5,7-8,10,15,18,20H,6,9,11-13H2,1-2H3. The highest BCUT2D eigenvalue weighted by Crippen LogP contribution is 2.25. The van der Waals surface area contributed by atoms with Crippen molar-refractivity contribution in [3.05, 3.63) is 42.4 Å². The molecule has 5 heteroatoms. The molecule has 0 radical (unpaired) electrons. The van der Waals surface area contributed by atoms with E-state index in [1.54, 1.807) is 6.20 Å². The summed E-state index contributed by atoms with van der Waals surface area (Å²) in [6, 6.07) is 6.57. The minimum atomic E-state index is 0.341. The molecule has 1 unspecified atom stereocenters. The second kappa shape index (κ2) is 6.58. The fraction of sp³-hybridized carbons (Fsp3) is 0.529. The first-order valence-corrected chi connectivity index (χ1v) is 8.02. The molecule has 0 saturated carbocycles. The maximum atomic E-state index is 4.48. The Bertz CT molecular complexity index is 591. The van der Waals surface area contributed by atoms with E-state index < -0.39 is 0 Å². The van der Waals surface area contributed by atoms with Crippen LogP contribution in [0.5, 0.6) is 0 Å². The fourth-order valence-electron chi connectivity index (χ4n) is 3.14. The van der Waals surface area contributed by atoms with Crippen LogP contribution in [-0.4, -0.2) is 33.9 Å². The second-order valence-corrected chi connectivity index (χ2v) is 6.85. The lowest BCUT2D eigenvalue weighted by atomic mass is 9.86. The Morgan fingerprint density at radius 2 is 2.27 bits per heavy atom. The van der Waals surface area contributed by atoms with Crippen LogP contribution in [0.1, 0.15) is 32.3 Å². The SMILES string of the molecule is CC1(C)CNCCC(NCc2cccnc2-n2cccn2)C1. The van der Waals surface area contributed by atoms with Crippen LogP contribution in [0.4, 0.5) is 0 Å². The summed E-state index contributed by atoms with van der Waals surface area (Å²) in [4.78, 5) is 4.48. The van der Waals surface area contributed by atoms with E-state index >= 15 is 0 Å². The maximum absolute atomic E-state index is 4.48. The largest absolute Gasteiger partial charge is 0.316 e. The fourth-order valence-corrected chi connectivity index (χ4v) is 3.14. The van der Waals surface area contributed by atoms with E-state index in [0.29, 0.717) is 11.5 Å². The van der Waals surface area contributed by atoms with Gasteiger partial charge in [0, 0.05) is 43.3 Å². The Balaban J connectivity index is 1.69. The predicted molar refractivity (Wildman–Crippen MR) is 87.9 cm³/mol. The molecule has 0 bridgehead atoms. The highest BCUT2D eigenvalue weighted by Gasteiger charge is 2.25. The van der Waals surface area contributed by atoms with Crippen LogP contribution < -0.4 is 10.6 Å². The van der Waals surface area contributed by atoms with Gasteiger partial charge in [-0.05, 0) is 36.9 Å². The van der Waals surface area contributed by atoms with Gasteiger partial charge in [-0.25, -0.2) is 9.67 Å². The lowest BCUT2D eigenvalue weighted by Crippen LogP contribution is -2.33. The molecule has 1 saturated heterocycles. The first-order valence-electron chi connectivity index (χ1n) is 8.02. The maximum Gasteiger partial charge on any atom is 0.157 e. The van der Waals surface area contributed by atoms with Gasteiger partial charge in [-0.2, -0.15) is 5.10 Å². The Labute approximate surface area is 132 Å². The molecular formula is C17H25N5. The van der Waals surface area contributed by atoms with Gasteiger partial charge in [0.15, 0.2) is 5.82 Å². The zero-order valence-corrected chi connectivity index (χ0v) is 13.4. The topological polar surface area (TPSA) is 54.8 Å². The highest BCUT2D eigenvalue weighted by atomic mass is 15.3. The molecule has 2 aromatic heterocycles. The van der Waals surface area contributed by atoms with Crippen LogP contribution in [0.3, 0.4) is 0 Å². The molecule has 0 amide bonds. The summed E-state index contributed by atoms with van der Waals surface area (Å²) >= 11 is 0. The molecule has 1 atom stereocenters. The van der Waals surface area contributed by atoms with Gasteiger partial charge in [-0.1, -0.05) is 19.9 Å². The summed E-state index contributed by atoms with van der Waals surface area (Å²) in [5.41, 5.74) is 1.52. The normalized spacial score (nSPS) is 21.5. The number of hydrogen-bond acceptors (Lipinski definition) is 4. The summed E-state index contributed by atoms with van der Waals surface area (Å²) < 4.78 is 1.83. The van der Waals surface area contributed by atoms with Gasteiger partial charge in [0.05, 0.1) is 0 Å². The van der Waals surface area contributed by atoms with E-state index in [9.17, 15) is 0 Å². The van der Waals surface area contributed by atoms with E-state index in [1.165, 1.54) is 18.4 Å². The molecule has 0 spiro atoms. The summed E-state index contributed by atoms with van der Waals surface area (Å²) in [5, 5.41) is 11.5. The third-order valence-corrected chi connectivity index (χ3v) is 4.24. The van der Waals surface area contributed by atoms with E-state index in [2.05, 4.69) is 40.6 Å². The van der Waals surface area contributed by atoms with Crippen LogP contribution >= 0.6 is 0 Å². The summed E-state index contributed by atoms with van der Waals surface area (Å²) in [7, 11) is 0. The van der Waals surface area contributed by atoms with Gasteiger partial charge in [-0.15, -0.1) is 0 Å². The number of hydrogen-bond donors (Lipinski definition) is 2. The molecule has 0 aromatic carbocycles. The molecule has 2 aromatic rings. The smallest absolute Gasteiger partial charge is 0.157 e. The van der Waals surface area contributed by atoms with Crippen LogP contribution in [0.25, 0.3) is 5.82 Å². The van der Waals surface area contributed by atoms with Crippen LogP contribution in [0.2, 0.25) is 0 Å². The van der Waals surface area contributed by atoms with Crippen molar-refractivity contribution in [1.29, 1.82) is 0 Å². The number of nitrogens with zero attached hydrogens (tertiary/aromatic N) is 3. The van der Waals surface area contributed by atoms with E-state index in [4.69, 9.17) is 0 Å². The Morgan fingerprint density at radius 3 is 3.09 bits per heavy atom. The molecule has 3 heterocycles. The van der Waals surface area contributed by atoms with E-state index in [1.807, 2.05) is 29.2 Å². The Kier molecular flexibility index (Phi) is 4.55. The Morgan fingerprint density at radius 1 is 1.36 bits per heavy atom. The number of nitrogens with one attached hydrogen (secondary N) is 2. The summed E-state index contributed by atoms with van der Waals surface area (Å²) in [6.07, 6.45) is 7.90. The average molecular weight is 299 g/mol. The van der Waals surface area contributed by atoms with Gasteiger partial charge in [-0.3, -0.25) is 0 Å². The zero-order chi connectivity index (χ0) is 15.4. The average Bonchev–Trinajstić information content (AvgIpc) is 2.97. The third kappa shape index (κ3) is 3.72. The summed E-state index contributed by atoms with van der Waals surface area (Å²) in [5.74, 6) is 0.908. The van der Waals surface area contributed by atoms with Gasteiger partial charge in [0.25, 0.3) is 0 Å². The summed E-state index contributed by atoms with van der Waals surface area (Å²) in [6.45, 7) is 7.67. The predicted octanol–water partition coefficient (Wildman–Crippen LogP) is 2.14. The van der Waals surface area contributed by atoms with Gasteiger partial charge in [0.1, 0.15) is 0 Å². The number of rotatable bonds is 4. The minimum absolute atomic E-state index is 0.341. The molecule has 0 aliphatic carbocycles. The van der Waals surface area contributed by atoms with Crippen LogP contribution in [-0.2, 0) is 6.54 Å². The monoisotopic (exact) mass is 299 g/mol. The Hall–Kier alpha value is -1.72. The minimum Gasteiger partial charge on any atom is -0.316 e. The second-order valence-electron chi connectivity index (χ2n) is 6.85. The lowest BCUT2D eigenvalue weighted by molar-refractivity contribution is 0.295. The van der Waals surface area contributed by atoms with Crippen molar-refractivity contribution < 1.29 is 0 Å².